The number of methoxy groups -OCH3 is 3. The fraction of sp³-hybridized carbons (Fsp3) is 0.417. The number of carbonyl (C=O) groups is 1. The lowest BCUT2D eigenvalue weighted by Crippen LogP contribution is -2.24. The number of aldehydes is 1. The molecule has 1 rings (SSSR count). The maximum atomic E-state index is 10.6. The van der Waals surface area contributed by atoms with Crippen LogP contribution in [0.1, 0.15) is 5.56 Å². The SMILES string of the molecule is COc1cc(OC)c(C[C@@H](N)C=O)c(OC)c1. The summed E-state index contributed by atoms with van der Waals surface area (Å²) in [5, 5.41) is 0. The minimum atomic E-state index is -0.578. The predicted molar refractivity (Wildman–Crippen MR) is 63.8 cm³/mol. The van der Waals surface area contributed by atoms with Crippen molar-refractivity contribution in [3.8, 4) is 17.2 Å². The van der Waals surface area contributed by atoms with E-state index >= 15 is 0 Å². The second-order valence-corrected chi connectivity index (χ2v) is 3.51. The first-order valence-electron chi connectivity index (χ1n) is 5.16. The topological polar surface area (TPSA) is 70.8 Å². The lowest BCUT2D eigenvalue weighted by molar-refractivity contribution is -0.108. The van der Waals surface area contributed by atoms with E-state index in [1.807, 2.05) is 0 Å². The molecule has 1 atom stereocenters. The number of hydrogen-bond acceptors (Lipinski definition) is 5. The van der Waals surface area contributed by atoms with E-state index in [2.05, 4.69) is 0 Å². The fourth-order valence-electron chi connectivity index (χ4n) is 1.56. The molecule has 0 saturated carbocycles. The zero-order chi connectivity index (χ0) is 12.8. The molecule has 0 radical (unpaired) electrons. The van der Waals surface area contributed by atoms with Gasteiger partial charge in [-0.3, -0.25) is 0 Å². The van der Waals surface area contributed by atoms with Gasteiger partial charge in [0.1, 0.15) is 23.5 Å². The van der Waals surface area contributed by atoms with E-state index in [-0.39, 0.29) is 0 Å². The van der Waals surface area contributed by atoms with E-state index in [9.17, 15) is 4.79 Å². The quantitative estimate of drug-likeness (QED) is 0.743. The Kier molecular flexibility index (Phi) is 4.78. The molecule has 0 aliphatic heterocycles. The summed E-state index contributed by atoms with van der Waals surface area (Å²) in [5.41, 5.74) is 6.37. The van der Waals surface area contributed by atoms with Crippen molar-refractivity contribution in [3.63, 3.8) is 0 Å². The van der Waals surface area contributed by atoms with Crippen LogP contribution in [-0.2, 0) is 11.2 Å². The van der Waals surface area contributed by atoms with E-state index < -0.39 is 6.04 Å². The van der Waals surface area contributed by atoms with Crippen molar-refractivity contribution in [3.05, 3.63) is 17.7 Å². The number of ether oxygens (including phenoxy) is 3. The van der Waals surface area contributed by atoms with Gasteiger partial charge in [-0.25, -0.2) is 0 Å². The van der Waals surface area contributed by atoms with E-state index in [0.717, 1.165) is 5.56 Å². The molecule has 5 heteroatoms. The third-order valence-corrected chi connectivity index (χ3v) is 2.43. The highest BCUT2D eigenvalue weighted by Gasteiger charge is 2.15. The number of nitrogens with two attached hydrogens (primary N) is 1. The molecule has 0 fully saturated rings. The van der Waals surface area contributed by atoms with Gasteiger partial charge in [-0.15, -0.1) is 0 Å². The number of benzene rings is 1. The maximum Gasteiger partial charge on any atom is 0.137 e. The maximum absolute atomic E-state index is 10.6. The first-order valence-corrected chi connectivity index (χ1v) is 5.16. The Morgan fingerprint density at radius 3 is 2.06 bits per heavy atom. The minimum Gasteiger partial charge on any atom is -0.496 e. The third kappa shape index (κ3) is 3.10. The molecule has 17 heavy (non-hydrogen) atoms. The Balaban J connectivity index is 3.19. The lowest BCUT2D eigenvalue weighted by atomic mass is 10.0. The van der Waals surface area contributed by atoms with E-state index in [4.69, 9.17) is 19.9 Å². The summed E-state index contributed by atoms with van der Waals surface area (Å²) in [5.74, 6) is 1.82. The Labute approximate surface area is 100 Å². The van der Waals surface area contributed by atoms with E-state index in [0.29, 0.717) is 30.0 Å². The molecule has 1 aromatic rings. The van der Waals surface area contributed by atoms with Gasteiger partial charge in [0.2, 0.25) is 0 Å². The number of hydrogen-bond donors (Lipinski definition) is 1. The second kappa shape index (κ2) is 6.10. The Morgan fingerprint density at radius 2 is 1.71 bits per heavy atom. The van der Waals surface area contributed by atoms with Gasteiger partial charge in [-0.05, 0) is 0 Å². The molecule has 0 aromatic heterocycles. The van der Waals surface area contributed by atoms with Crippen LogP contribution < -0.4 is 19.9 Å². The highest BCUT2D eigenvalue weighted by atomic mass is 16.5. The number of rotatable bonds is 6. The largest absolute Gasteiger partial charge is 0.496 e. The van der Waals surface area contributed by atoms with Crippen molar-refractivity contribution >= 4 is 6.29 Å². The summed E-state index contributed by atoms with van der Waals surface area (Å²) >= 11 is 0. The Bertz CT molecular complexity index is 367. The summed E-state index contributed by atoms with van der Waals surface area (Å²) in [6, 6.07) is 2.89. The fourth-order valence-corrected chi connectivity index (χ4v) is 1.56. The highest BCUT2D eigenvalue weighted by Crippen LogP contribution is 2.34. The zero-order valence-electron chi connectivity index (χ0n) is 10.2. The molecule has 0 aliphatic carbocycles. The van der Waals surface area contributed by atoms with Gasteiger partial charge in [0.15, 0.2) is 0 Å². The monoisotopic (exact) mass is 239 g/mol. The minimum absolute atomic E-state index is 0.361. The van der Waals surface area contributed by atoms with Crippen LogP contribution in [0, 0.1) is 0 Å². The molecule has 5 nitrogen and oxygen atoms in total. The predicted octanol–water partition coefficient (Wildman–Crippen LogP) is 0.781. The highest BCUT2D eigenvalue weighted by molar-refractivity contribution is 5.60. The zero-order valence-corrected chi connectivity index (χ0v) is 10.2. The van der Waals surface area contributed by atoms with Crippen molar-refractivity contribution < 1.29 is 19.0 Å². The van der Waals surface area contributed by atoms with Crippen LogP contribution in [0.3, 0.4) is 0 Å². The van der Waals surface area contributed by atoms with Crippen LogP contribution in [0.25, 0.3) is 0 Å². The van der Waals surface area contributed by atoms with Gasteiger partial charge >= 0.3 is 0 Å². The molecule has 0 aliphatic rings. The molecule has 0 heterocycles. The molecule has 2 N–H and O–H groups in total. The summed E-state index contributed by atoms with van der Waals surface area (Å²) in [6.45, 7) is 0. The average Bonchev–Trinajstić information content (AvgIpc) is 2.38. The van der Waals surface area contributed by atoms with Gasteiger partial charge < -0.3 is 24.7 Å². The molecule has 94 valence electrons. The van der Waals surface area contributed by atoms with Gasteiger partial charge in [-0.2, -0.15) is 0 Å². The van der Waals surface area contributed by atoms with Crippen molar-refractivity contribution in [2.45, 2.75) is 12.5 Å². The Hall–Kier alpha value is -1.75. The summed E-state index contributed by atoms with van der Waals surface area (Å²) in [6.07, 6.45) is 1.06. The molecular weight excluding hydrogens is 222 g/mol. The van der Waals surface area contributed by atoms with Crippen molar-refractivity contribution in [1.29, 1.82) is 0 Å². The van der Waals surface area contributed by atoms with Crippen LogP contribution >= 0.6 is 0 Å². The average molecular weight is 239 g/mol. The third-order valence-electron chi connectivity index (χ3n) is 2.43. The van der Waals surface area contributed by atoms with Crippen LogP contribution in [0.5, 0.6) is 17.2 Å². The standard InChI is InChI=1S/C12H17NO4/c1-15-9-5-11(16-2)10(4-8(13)7-14)12(6-9)17-3/h5-8H,4,13H2,1-3H3/t8-/m1/s1. The smallest absolute Gasteiger partial charge is 0.137 e. The van der Waals surface area contributed by atoms with E-state index in [1.54, 1.807) is 33.5 Å². The van der Waals surface area contributed by atoms with Crippen molar-refractivity contribution in [2.75, 3.05) is 21.3 Å². The first kappa shape index (κ1) is 13.3. The molecule has 1 aromatic carbocycles. The molecule has 0 amide bonds. The Morgan fingerprint density at radius 1 is 1.18 bits per heavy atom. The van der Waals surface area contributed by atoms with E-state index in [1.165, 1.54) is 0 Å². The summed E-state index contributed by atoms with van der Waals surface area (Å²) in [7, 11) is 4.65. The van der Waals surface area contributed by atoms with Crippen LogP contribution in [0.4, 0.5) is 0 Å². The normalized spacial score (nSPS) is 11.8. The van der Waals surface area contributed by atoms with Gasteiger partial charge in [0.05, 0.1) is 27.4 Å². The van der Waals surface area contributed by atoms with Crippen molar-refractivity contribution in [1.82, 2.24) is 0 Å². The second-order valence-electron chi connectivity index (χ2n) is 3.51. The molecule has 0 bridgehead atoms. The van der Waals surface area contributed by atoms with Gasteiger partial charge in [0, 0.05) is 24.1 Å². The van der Waals surface area contributed by atoms with Gasteiger partial charge in [-0.1, -0.05) is 0 Å². The van der Waals surface area contributed by atoms with Crippen LogP contribution in [-0.4, -0.2) is 33.7 Å². The summed E-state index contributed by atoms with van der Waals surface area (Å²) < 4.78 is 15.6. The molecule has 0 saturated heterocycles. The molecular formula is C12H17NO4. The van der Waals surface area contributed by atoms with Crippen molar-refractivity contribution in [2.24, 2.45) is 5.73 Å². The van der Waals surface area contributed by atoms with Crippen LogP contribution in [0.15, 0.2) is 12.1 Å². The van der Waals surface area contributed by atoms with Crippen LogP contribution in [0.2, 0.25) is 0 Å². The van der Waals surface area contributed by atoms with Gasteiger partial charge in [0.25, 0.3) is 0 Å². The summed E-state index contributed by atoms with van der Waals surface area (Å²) in [4.78, 5) is 10.6. The number of carbonyl (C=O) groups excluding carboxylic acids is 1. The molecule has 0 unspecified atom stereocenters. The lowest BCUT2D eigenvalue weighted by Gasteiger charge is -2.15. The molecule has 0 spiro atoms. The first-order chi connectivity index (χ1) is 8.15.